The fourth-order valence-corrected chi connectivity index (χ4v) is 2.73. The van der Waals surface area contributed by atoms with Crippen molar-refractivity contribution in [2.75, 3.05) is 18.1 Å². The number of carbonyl (C=O) groups excluding carboxylic acids is 1. The van der Waals surface area contributed by atoms with Gasteiger partial charge in [0.1, 0.15) is 11.5 Å². The number of thioether (sulfide) groups is 1. The second-order valence-corrected chi connectivity index (χ2v) is 5.53. The molecule has 0 amide bonds. The number of ketones is 1. The van der Waals surface area contributed by atoms with Crippen LogP contribution in [0.15, 0.2) is 24.3 Å². The van der Waals surface area contributed by atoms with E-state index in [1.807, 2.05) is 18.2 Å². The molecule has 1 aromatic rings. The highest BCUT2D eigenvalue weighted by Gasteiger charge is 2.23. The fourth-order valence-electron chi connectivity index (χ4n) is 2.18. The van der Waals surface area contributed by atoms with E-state index < -0.39 is 0 Å². The molecular formula is C14H18O2S. The highest BCUT2D eigenvalue weighted by atomic mass is 32.2. The molecule has 0 fully saturated rings. The van der Waals surface area contributed by atoms with Crippen molar-refractivity contribution in [2.45, 2.75) is 25.7 Å². The number of fused-ring (bicyclic) bond motifs is 1. The van der Waals surface area contributed by atoms with Crippen molar-refractivity contribution < 1.29 is 9.53 Å². The molecule has 1 aliphatic rings. The Balaban J connectivity index is 2.01. The Morgan fingerprint density at radius 1 is 1.47 bits per heavy atom. The summed E-state index contributed by atoms with van der Waals surface area (Å²) in [5, 5.41) is 0. The Bertz CT molecular complexity index is 390. The van der Waals surface area contributed by atoms with Crippen molar-refractivity contribution in [1.29, 1.82) is 0 Å². The van der Waals surface area contributed by atoms with Crippen LogP contribution in [0.25, 0.3) is 0 Å². The molecule has 1 atom stereocenters. The molecule has 1 aliphatic heterocycles. The van der Waals surface area contributed by atoms with E-state index >= 15 is 0 Å². The van der Waals surface area contributed by atoms with Crippen LogP contribution in [0.3, 0.4) is 0 Å². The lowest BCUT2D eigenvalue weighted by molar-refractivity contribution is -0.117. The minimum Gasteiger partial charge on any atom is -0.493 e. The SMILES string of the molecule is CCSCC(=O)CC1CCOc2ccccc21. The zero-order valence-electron chi connectivity index (χ0n) is 10.1. The van der Waals surface area contributed by atoms with Gasteiger partial charge in [0, 0.05) is 6.42 Å². The molecule has 0 aliphatic carbocycles. The minimum atomic E-state index is 0.352. The molecule has 92 valence electrons. The minimum absolute atomic E-state index is 0.352. The second kappa shape index (κ2) is 6.10. The Kier molecular flexibility index (Phi) is 4.49. The number of benzene rings is 1. The maximum absolute atomic E-state index is 11.8. The van der Waals surface area contributed by atoms with Crippen LogP contribution in [-0.2, 0) is 4.79 Å². The van der Waals surface area contributed by atoms with Crippen molar-refractivity contribution >= 4 is 17.5 Å². The summed E-state index contributed by atoms with van der Waals surface area (Å²) in [4.78, 5) is 11.8. The first-order valence-corrected chi connectivity index (χ1v) is 7.28. The van der Waals surface area contributed by atoms with Crippen molar-refractivity contribution in [3.8, 4) is 5.75 Å². The molecule has 0 saturated carbocycles. The number of hydrogen-bond donors (Lipinski definition) is 0. The molecular weight excluding hydrogens is 232 g/mol. The van der Waals surface area contributed by atoms with E-state index in [1.165, 1.54) is 5.56 Å². The van der Waals surface area contributed by atoms with Crippen LogP contribution in [0.4, 0.5) is 0 Å². The Labute approximate surface area is 107 Å². The summed E-state index contributed by atoms with van der Waals surface area (Å²) in [5.41, 5.74) is 1.20. The van der Waals surface area contributed by atoms with Crippen molar-refractivity contribution in [1.82, 2.24) is 0 Å². The van der Waals surface area contributed by atoms with Gasteiger partial charge in [0.25, 0.3) is 0 Å². The third kappa shape index (κ3) is 3.25. The number of rotatable bonds is 5. The first-order chi connectivity index (χ1) is 8.31. The van der Waals surface area contributed by atoms with Gasteiger partial charge in [0.2, 0.25) is 0 Å². The van der Waals surface area contributed by atoms with Crippen LogP contribution in [0.1, 0.15) is 31.2 Å². The van der Waals surface area contributed by atoms with Gasteiger partial charge < -0.3 is 4.74 Å². The lowest BCUT2D eigenvalue weighted by Crippen LogP contribution is -2.17. The third-order valence-corrected chi connectivity index (χ3v) is 3.96. The maximum Gasteiger partial charge on any atom is 0.143 e. The predicted molar refractivity (Wildman–Crippen MR) is 71.9 cm³/mol. The summed E-state index contributed by atoms with van der Waals surface area (Å²) in [6.07, 6.45) is 1.62. The number of para-hydroxylation sites is 1. The predicted octanol–water partition coefficient (Wildman–Crippen LogP) is 3.27. The number of Topliss-reactive ketones (excluding diaryl/α,β-unsaturated/α-hetero) is 1. The topological polar surface area (TPSA) is 26.3 Å². The Hall–Kier alpha value is -0.960. The fraction of sp³-hybridized carbons (Fsp3) is 0.500. The third-order valence-electron chi connectivity index (χ3n) is 3.02. The van der Waals surface area contributed by atoms with E-state index in [0.29, 0.717) is 23.9 Å². The normalized spacial score (nSPS) is 18.3. The van der Waals surface area contributed by atoms with Crippen molar-refractivity contribution in [2.24, 2.45) is 0 Å². The van der Waals surface area contributed by atoms with Crippen molar-refractivity contribution in [3.05, 3.63) is 29.8 Å². The van der Waals surface area contributed by atoms with Crippen LogP contribution in [-0.4, -0.2) is 23.9 Å². The number of hydrogen-bond acceptors (Lipinski definition) is 3. The van der Waals surface area contributed by atoms with Gasteiger partial charge in [0.15, 0.2) is 0 Å². The summed E-state index contributed by atoms with van der Waals surface area (Å²) >= 11 is 1.71. The van der Waals surface area contributed by atoms with Crippen LogP contribution < -0.4 is 4.74 Å². The zero-order valence-corrected chi connectivity index (χ0v) is 11.0. The van der Waals surface area contributed by atoms with Crippen LogP contribution in [0.2, 0.25) is 0 Å². The molecule has 17 heavy (non-hydrogen) atoms. The number of ether oxygens (including phenoxy) is 1. The lowest BCUT2D eigenvalue weighted by atomic mass is 9.89. The first kappa shape index (κ1) is 12.5. The van der Waals surface area contributed by atoms with E-state index in [9.17, 15) is 4.79 Å². The Morgan fingerprint density at radius 3 is 3.12 bits per heavy atom. The largest absolute Gasteiger partial charge is 0.493 e. The van der Waals surface area contributed by atoms with E-state index in [2.05, 4.69) is 13.0 Å². The molecule has 3 heteroatoms. The standard InChI is InChI=1S/C14H18O2S/c1-2-17-10-12(15)9-11-7-8-16-14-6-4-3-5-13(11)14/h3-6,11H,2,7-10H2,1H3. The van der Waals surface area contributed by atoms with Gasteiger partial charge in [0.05, 0.1) is 12.4 Å². The molecule has 2 nitrogen and oxygen atoms in total. The zero-order chi connectivity index (χ0) is 12.1. The van der Waals surface area contributed by atoms with Crippen molar-refractivity contribution in [3.63, 3.8) is 0 Å². The summed E-state index contributed by atoms with van der Waals surface area (Å²) in [6, 6.07) is 8.08. The van der Waals surface area contributed by atoms with Crippen LogP contribution >= 0.6 is 11.8 Å². The monoisotopic (exact) mass is 250 g/mol. The van der Waals surface area contributed by atoms with Gasteiger partial charge in [-0.05, 0) is 29.7 Å². The summed E-state index contributed by atoms with van der Waals surface area (Å²) in [5.74, 6) is 3.33. The van der Waals surface area contributed by atoms with Gasteiger partial charge >= 0.3 is 0 Å². The van der Waals surface area contributed by atoms with E-state index in [0.717, 1.165) is 24.5 Å². The smallest absolute Gasteiger partial charge is 0.143 e. The molecule has 2 rings (SSSR count). The molecule has 1 aromatic carbocycles. The molecule has 0 spiro atoms. The molecule has 0 saturated heterocycles. The lowest BCUT2D eigenvalue weighted by Gasteiger charge is -2.25. The average Bonchev–Trinajstić information content (AvgIpc) is 2.37. The first-order valence-electron chi connectivity index (χ1n) is 6.12. The summed E-state index contributed by atoms with van der Waals surface area (Å²) in [7, 11) is 0. The van der Waals surface area contributed by atoms with Gasteiger partial charge in [-0.3, -0.25) is 4.79 Å². The van der Waals surface area contributed by atoms with Gasteiger partial charge in [-0.25, -0.2) is 0 Å². The maximum atomic E-state index is 11.8. The number of carbonyl (C=O) groups is 1. The van der Waals surface area contributed by atoms with Crippen LogP contribution in [0.5, 0.6) is 5.75 Å². The van der Waals surface area contributed by atoms with E-state index in [-0.39, 0.29) is 0 Å². The average molecular weight is 250 g/mol. The van der Waals surface area contributed by atoms with Gasteiger partial charge in [-0.1, -0.05) is 25.1 Å². The quantitative estimate of drug-likeness (QED) is 0.802. The Morgan fingerprint density at radius 2 is 2.29 bits per heavy atom. The van der Waals surface area contributed by atoms with E-state index in [4.69, 9.17) is 4.74 Å². The van der Waals surface area contributed by atoms with Crippen LogP contribution in [0, 0.1) is 0 Å². The molecule has 1 heterocycles. The van der Waals surface area contributed by atoms with Gasteiger partial charge in [-0.15, -0.1) is 0 Å². The highest BCUT2D eigenvalue weighted by molar-refractivity contribution is 7.99. The molecule has 0 N–H and O–H groups in total. The summed E-state index contributed by atoms with van der Waals surface area (Å²) < 4.78 is 5.60. The van der Waals surface area contributed by atoms with Gasteiger partial charge in [-0.2, -0.15) is 11.8 Å². The second-order valence-electron chi connectivity index (χ2n) is 4.25. The highest BCUT2D eigenvalue weighted by Crippen LogP contribution is 2.35. The van der Waals surface area contributed by atoms with E-state index in [1.54, 1.807) is 11.8 Å². The summed E-state index contributed by atoms with van der Waals surface area (Å²) in [6.45, 7) is 2.82. The molecule has 0 bridgehead atoms. The molecule has 0 radical (unpaired) electrons. The molecule has 1 unspecified atom stereocenters. The molecule has 0 aromatic heterocycles.